The number of anilines is 1. The first-order valence-corrected chi connectivity index (χ1v) is 7.02. The number of rotatable bonds is 5. The number of nitrogens with one attached hydrogen (secondary N) is 1. The third-order valence-electron chi connectivity index (χ3n) is 3.01. The predicted molar refractivity (Wildman–Crippen MR) is 82.9 cm³/mol. The van der Waals surface area contributed by atoms with E-state index in [1.54, 1.807) is 6.20 Å². The summed E-state index contributed by atoms with van der Waals surface area (Å²) in [5.41, 5.74) is 1.08. The van der Waals surface area contributed by atoms with E-state index in [1.807, 2.05) is 6.92 Å². The molecule has 2 aromatic rings. The number of non-ortho nitro benzene ring substituents is 1. The highest BCUT2D eigenvalue weighted by atomic mass is 79.9. The van der Waals surface area contributed by atoms with E-state index in [0.717, 1.165) is 10.2 Å². The molecule has 0 saturated heterocycles. The summed E-state index contributed by atoms with van der Waals surface area (Å²) in [5.74, 6) is -0.0910. The molecule has 0 bridgehead atoms. The lowest BCUT2D eigenvalue weighted by Gasteiger charge is -2.10. The summed E-state index contributed by atoms with van der Waals surface area (Å²) in [5, 5.41) is 17.4. The molecule has 9 heteroatoms. The molecule has 0 fully saturated rings. The minimum atomic E-state index is -0.529. The first-order valence-electron chi connectivity index (χ1n) is 6.22. The van der Waals surface area contributed by atoms with Gasteiger partial charge in [0.15, 0.2) is 0 Å². The predicted octanol–water partition coefficient (Wildman–Crippen LogP) is 2.51. The van der Waals surface area contributed by atoms with Crippen molar-refractivity contribution >= 4 is 33.2 Å². The Morgan fingerprint density at radius 3 is 2.82 bits per heavy atom. The number of nitrogens with zero attached hydrogens (tertiary/aromatic N) is 3. The van der Waals surface area contributed by atoms with Gasteiger partial charge in [-0.15, -0.1) is 0 Å². The van der Waals surface area contributed by atoms with Crippen LogP contribution >= 0.6 is 15.9 Å². The van der Waals surface area contributed by atoms with Crippen molar-refractivity contribution in [1.82, 2.24) is 9.78 Å². The molecule has 0 aliphatic rings. The van der Waals surface area contributed by atoms with Crippen LogP contribution in [0.15, 0.2) is 28.9 Å². The molecule has 1 N–H and O–H groups in total. The van der Waals surface area contributed by atoms with Gasteiger partial charge in [0.1, 0.15) is 12.3 Å². The molecule has 1 aromatic carbocycles. The number of benzene rings is 1. The van der Waals surface area contributed by atoms with Gasteiger partial charge in [-0.25, -0.2) is 0 Å². The van der Waals surface area contributed by atoms with E-state index in [0.29, 0.717) is 5.69 Å². The third-order valence-corrected chi connectivity index (χ3v) is 3.79. The zero-order chi connectivity index (χ0) is 16.3. The lowest BCUT2D eigenvalue weighted by Crippen LogP contribution is -2.20. The van der Waals surface area contributed by atoms with Gasteiger partial charge in [0, 0.05) is 6.07 Å². The molecule has 22 heavy (non-hydrogen) atoms. The van der Waals surface area contributed by atoms with Crippen molar-refractivity contribution in [3.63, 3.8) is 0 Å². The van der Waals surface area contributed by atoms with Gasteiger partial charge in [0.05, 0.1) is 40.2 Å². The van der Waals surface area contributed by atoms with Crippen molar-refractivity contribution < 1.29 is 14.5 Å². The largest absolute Gasteiger partial charge is 0.494 e. The number of amides is 1. The maximum atomic E-state index is 12.1. The Morgan fingerprint density at radius 1 is 1.55 bits per heavy atom. The number of methoxy groups -OCH3 is 1. The monoisotopic (exact) mass is 368 g/mol. The summed E-state index contributed by atoms with van der Waals surface area (Å²) in [7, 11) is 1.38. The van der Waals surface area contributed by atoms with E-state index in [9.17, 15) is 14.9 Å². The zero-order valence-electron chi connectivity index (χ0n) is 11.9. The number of halogens is 1. The maximum absolute atomic E-state index is 12.1. The van der Waals surface area contributed by atoms with E-state index < -0.39 is 4.92 Å². The van der Waals surface area contributed by atoms with Crippen molar-refractivity contribution in [2.24, 2.45) is 0 Å². The minimum Gasteiger partial charge on any atom is -0.494 e. The Bertz CT molecular complexity index is 729. The van der Waals surface area contributed by atoms with Gasteiger partial charge in [-0.2, -0.15) is 5.10 Å². The van der Waals surface area contributed by atoms with Crippen LogP contribution in [0, 0.1) is 17.0 Å². The van der Waals surface area contributed by atoms with Crippen LogP contribution in [0.25, 0.3) is 0 Å². The summed E-state index contributed by atoms with van der Waals surface area (Å²) < 4.78 is 7.42. The molecule has 0 radical (unpaired) electrons. The van der Waals surface area contributed by atoms with Gasteiger partial charge in [0.25, 0.3) is 5.69 Å². The topological polar surface area (TPSA) is 99.3 Å². The van der Waals surface area contributed by atoms with Crippen molar-refractivity contribution in [2.45, 2.75) is 13.5 Å². The van der Waals surface area contributed by atoms with Gasteiger partial charge in [-0.3, -0.25) is 19.6 Å². The average Bonchev–Trinajstić information content (AvgIpc) is 2.79. The number of aromatic nitrogens is 2. The van der Waals surface area contributed by atoms with Crippen LogP contribution in [0.1, 0.15) is 5.69 Å². The highest BCUT2D eigenvalue weighted by molar-refractivity contribution is 9.10. The van der Waals surface area contributed by atoms with Crippen molar-refractivity contribution in [3.8, 4) is 5.75 Å². The van der Waals surface area contributed by atoms with Crippen LogP contribution in [0.5, 0.6) is 5.75 Å². The molecule has 1 amide bonds. The SMILES string of the molecule is COc1cc([N+](=O)[O-])ccc1NC(=O)Cn1ncc(Br)c1C. The molecule has 0 saturated carbocycles. The second-order valence-corrected chi connectivity index (χ2v) is 5.28. The van der Waals surface area contributed by atoms with Crippen molar-refractivity contribution in [2.75, 3.05) is 12.4 Å². The fourth-order valence-corrected chi connectivity index (χ4v) is 2.10. The van der Waals surface area contributed by atoms with Crippen molar-refractivity contribution in [1.29, 1.82) is 0 Å². The zero-order valence-corrected chi connectivity index (χ0v) is 13.5. The molecule has 1 heterocycles. The smallest absolute Gasteiger partial charge is 0.273 e. The normalized spacial score (nSPS) is 10.3. The Labute approximate surface area is 134 Å². The first-order chi connectivity index (χ1) is 10.4. The third kappa shape index (κ3) is 3.42. The van der Waals surface area contributed by atoms with Crippen LogP contribution in [0.3, 0.4) is 0 Å². The summed E-state index contributed by atoms with van der Waals surface area (Å²) >= 11 is 3.32. The van der Waals surface area contributed by atoms with E-state index in [-0.39, 0.29) is 23.9 Å². The number of ether oxygens (including phenoxy) is 1. The van der Waals surface area contributed by atoms with E-state index in [4.69, 9.17) is 4.74 Å². The van der Waals surface area contributed by atoms with Crippen LogP contribution in [0.2, 0.25) is 0 Å². The average molecular weight is 369 g/mol. The molecule has 1 aromatic heterocycles. The minimum absolute atomic E-state index is 0.0254. The molecule has 0 spiro atoms. The number of nitro groups is 1. The molecule has 116 valence electrons. The fourth-order valence-electron chi connectivity index (χ4n) is 1.81. The maximum Gasteiger partial charge on any atom is 0.273 e. The highest BCUT2D eigenvalue weighted by Crippen LogP contribution is 2.29. The molecule has 0 aliphatic carbocycles. The lowest BCUT2D eigenvalue weighted by atomic mass is 10.2. The molecule has 0 aliphatic heterocycles. The Morgan fingerprint density at radius 2 is 2.27 bits per heavy atom. The Kier molecular flexibility index (Phi) is 4.76. The fraction of sp³-hybridized carbons (Fsp3) is 0.231. The number of hydrogen-bond acceptors (Lipinski definition) is 5. The first kappa shape index (κ1) is 16.0. The van der Waals surface area contributed by atoms with Gasteiger partial charge in [0.2, 0.25) is 5.91 Å². The standard InChI is InChI=1S/C13H13BrN4O4/c1-8-10(14)6-15-17(8)7-13(19)16-11-4-3-9(18(20)21)5-12(11)22-2/h3-6H,7H2,1-2H3,(H,16,19). The summed E-state index contributed by atoms with van der Waals surface area (Å²) in [6.45, 7) is 1.86. The van der Waals surface area contributed by atoms with E-state index >= 15 is 0 Å². The van der Waals surface area contributed by atoms with E-state index in [1.165, 1.54) is 30.0 Å². The molecule has 8 nitrogen and oxygen atoms in total. The number of hydrogen-bond donors (Lipinski definition) is 1. The second kappa shape index (κ2) is 6.56. The molecule has 0 unspecified atom stereocenters. The van der Waals surface area contributed by atoms with Crippen LogP contribution in [-0.4, -0.2) is 27.7 Å². The van der Waals surface area contributed by atoms with Gasteiger partial charge in [-0.1, -0.05) is 0 Å². The molecule has 2 rings (SSSR count). The second-order valence-electron chi connectivity index (χ2n) is 4.43. The summed E-state index contributed by atoms with van der Waals surface area (Å²) in [6, 6.07) is 3.99. The highest BCUT2D eigenvalue weighted by Gasteiger charge is 2.14. The number of carbonyl (C=O) groups is 1. The van der Waals surface area contributed by atoms with Gasteiger partial charge >= 0.3 is 0 Å². The summed E-state index contributed by atoms with van der Waals surface area (Å²) in [4.78, 5) is 22.3. The van der Waals surface area contributed by atoms with Gasteiger partial charge in [-0.05, 0) is 28.9 Å². The van der Waals surface area contributed by atoms with Crippen molar-refractivity contribution in [3.05, 3.63) is 44.7 Å². The Hall–Kier alpha value is -2.42. The quantitative estimate of drug-likeness (QED) is 0.645. The molecular weight excluding hydrogens is 356 g/mol. The van der Waals surface area contributed by atoms with Gasteiger partial charge < -0.3 is 10.1 Å². The molecule has 0 atom stereocenters. The number of nitro benzene ring substituents is 1. The number of carbonyl (C=O) groups excluding carboxylic acids is 1. The lowest BCUT2D eigenvalue weighted by molar-refractivity contribution is -0.384. The Balaban J connectivity index is 2.14. The van der Waals surface area contributed by atoms with Crippen LogP contribution in [-0.2, 0) is 11.3 Å². The molecular formula is C13H13BrN4O4. The van der Waals surface area contributed by atoms with Crippen LogP contribution in [0.4, 0.5) is 11.4 Å². The summed E-state index contributed by atoms with van der Waals surface area (Å²) in [6.07, 6.45) is 1.61. The van der Waals surface area contributed by atoms with E-state index in [2.05, 4.69) is 26.3 Å². The van der Waals surface area contributed by atoms with Crippen LogP contribution < -0.4 is 10.1 Å².